The monoisotopic (exact) mass is 126 g/mol. The van der Waals surface area contributed by atoms with Gasteiger partial charge in [-0.1, -0.05) is 0 Å². The topological polar surface area (TPSA) is 47.1 Å². The second-order valence-electron chi connectivity index (χ2n) is 1.84. The Morgan fingerprint density at radius 2 is 2.67 bits per heavy atom. The van der Waals surface area contributed by atoms with Gasteiger partial charge in [0.05, 0.1) is 18.4 Å². The van der Waals surface area contributed by atoms with Gasteiger partial charge >= 0.3 is 0 Å². The van der Waals surface area contributed by atoms with Crippen LogP contribution in [-0.4, -0.2) is 17.0 Å². The van der Waals surface area contributed by atoms with Crippen LogP contribution in [0.1, 0.15) is 5.56 Å². The summed E-state index contributed by atoms with van der Waals surface area (Å²) in [7, 11) is 0. The van der Waals surface area contributed by atoms with E-state index in [1.807, 2.05) is 0 Å². The van der Waals surface area contributed by atoms with Crippen molar-refractivity contribution in [3.8, 4) is 5.88 Å². The van der Waals surface area contributed by atoms with Crippen LogP contribution in [0.15, 0.2) is 6.20 Å². The number of aromatic amines is 1. The molecule has 0 saturated carbocycles. The summed E-state index contributed by atoms with van der Waals surface area (Å²) >= 11 is 0. The molecule has 0 atom stereocenters. The number of ether oxygens (including phenoxy) is 2. The smallest absolute Gasteiger partial charge is 0.216 e. The van der Waals surface area contributed by atoms with Crippen LogP contribution in [0.3, 0.4) is 0 Å². The molecule has 4 heteroatoms. The largest absolute Gasteiger partial charge is 0.451 e. The Bertz CT molecular complexity index is 188. The molecule has 0 fully saturated rings. The van der Waals surface area contributed by atoms with Crippen LogP contribution in [0.25, 0.3) is 0 Å². The minimum atomic E-state index is 0.329. The number of H-pyrrole nitrogens is 1. The quantitative estimate of drug-likeness (QED) is 0.543. The van der Waals surface area contributed by atoms with Crippen LogP contribution < -0.4 is 4.74 Å². The molecule has 4 nitrogen and oxygen atoms in total. The molecule has 0 bridgehead atoms. The molecule has 1 aliphatic heterocycles. The van der Waals surface area contributed by atoms with Crippen LogP contribution in [0, 0.1) is 0 Å². The lowest BCUT2D eigenvalue weighted by atomic mass is 10.4. The van der Waals surface area contributed by atoms with Crippen molar-refractivity contribution in [1.29, 1.82) is 0 Å². The summed E-state index contributed by atoms with van der Waals surface area (Å²) in [5, 5.41) is 6.48. The second-order valence-corrected chi connectivity index (χ2v) is 1.84. The van der Waals surface area contributed by atoms with E-state index in [1.165, 1.54) is 0 Å². The van der Waals surface area contributed by atoms with Gasteiger partial charge in [0.1, 0.15) is 0 Å². The van der Waals surface area contributed by atoms with Gasteiger partial charge in [-0.05, 0) is 0 Å². The summed E-state index contributed by atoms with van der Waals surface area (Å²) in [6.45, 7) is 0.932. The van der Waals surface area contributed by atoms with E-state index in [2.05, 4.69) is 10.2 Å². The van der Waals surface area contributed by atoms with Crippen molar-refractivity contribution in [3.63, 3.8) is 0 Å². The predicted molar refractivity (Wildman–Crippen MR) is 28.9 cm³/mol. The van der Waals surface area contributed by atoms with Gasteiger partial charge < -0.3 is 9.47 Å². The number of hydrogen-bond donors (Lipinski definition) is 1. The highest BCUT2D eigenvalue weighted by molar-refractivity contribution is 5.22. The van der Waals surface area contributed by atoms with Gasteiger partial charge in [0.25, 0.3) is 0 Å². The van der Waals surface area contributed by atoms with E-state index >= 15 is 0 Å². The maximum Gasteiger partial charge on any atom is 0.216 e. The molecule has 0 saturated heterocycles. The normalized spacial score (nSPS) is 16.4. The highest BCUT2D eigenvalue weighted by Gasteiger charge is 2.10. The third-order valence-electron chi connectivity index (χ3n) is 1.22. The van der Waals surface area contributed by atoms with E-state index in [0.29, 0.717) is 13.4 Å². The number of fused-ring (bicyclic) bond motifs is 1. The van der Waals surface area contributed by atoms with E-state index < -0.39 is 0 Å². The first kappa shape index (κ1) is 4.81. The molecule has 0 radical (unpaired) electrons. The predicted octanol–water partition coefficient (Wildman–Crippen LogP) is 0.276. The lowest BCUT2D eigenvalue weighted by molar-refractivity contribution is -0.0186. The lowest BCUT2D eigenvalue weighted by Gasteiger charge is -2.11. The van der Waals surface area contributed by atoms with Crippen molar-refractivity contribution < 1.29 is 9.47 Å². The summed E-state index contributed by atoms with van der Waals surface area (Å²) in [4.78, 5) is 0. The molecule has 48 valence electrons. The van der Waals surface area contributed by atoms with Crippen molar-refractivity contribution in [2.45, 2.75) is 6.61 Å². The summed E-state index contributed by atoms with van der Waals surface area (Å²) in [5.74, 6) is 0.737. The molecule has 1 N–H and O–H groups in total. The molecule has 1 aliphatic rings. The molecule has 2 rings (SSSR count). The first-order chi connectivity index (χ1) is 4.47. The molecule has 0 spiro atoms. The fraction of sp³-hybridized carbons (Fsp3) is 0.400. The standard InChI is InChI=1S/C5H6N2O2/c1-4-2-8-3-9-5(4)7-6-1/h1H,2-3H2,(H,6,7). The molecule has 9 heavy (non-hydrogen) atoms. The van der Waals surface area contributed by atoms with Crippen LogP contribution in [0.4, 0.5) is 0 Å². The van der Waals surface area contributed by atoms with E-state index in [9.17, 15) is 0 Å². The molecule has 1 aromatic heterocycles. The molecular formula is C5H6N2O2. The van der Waals surface area contributed by atoms with Crippen molar-refractivity contribution in [2.24, 2.45) is 0 Å². The molecule has 0 unspecified atom stereocenters. The zero-order valence-corrected chi connectivity index (χ0v) is 4.76. The number of nitrogens with zero attached hydrogens (tertiary/aromatic N) is 1. The van der Waals surface area contributed by atoms with E-state index in [1.54, 1.807) is 6.20 Å². The summed E-state index contributed by atoms with van der Waals surface area (Å²) in [6, 6.07) is 0. The Morgan fingerprint density at radius 3 is 3.56 bits per heavy atom. The van der Waals surface area contributed by atoms with E-state index in [4.69, 9.17) is 9.47 Å². The van der Waals surface area contributed by atoms with Gasteiger partial charge in [-0.15, -0.1) is 0 Å². The van der Waals surface area contributed by atoms with Crippen molar-refractivity contribution in [2.75, 3.05) is 6.79 Å². The lowest BCUT2D eigenvalue weighted by Crippen LogP contribution is -2.09. The summed E-state index contributed by atoms with van der Waals surface area (Å²) < 4.78 is 10.00. The van der Waals surface area contributed by atoms with Crippen LogP contribution in [0.5, 0.6) is 5.88 Å². The maximum atomic E-state index is 5.02. The van der Waals surface area contributed by atoms with Crippen LogP contribution >= 0.6 is 0 Å². The van der Waals surface area contributed by atoms with Gasteiger partial charge in [0.2, 0.25) is 5.88 Å². The summed E-state index contributed by atoms with van der Waals surface area (Å²) in [5.41, 5.74) is 0.987. The Balaban J connectivity index is 2.39. The molecule has 1 aromatic rings. The number of hydrogen-bond acceptors (Lipinski definition) is 3. The molecule has 2 heterocycles. The molecular weight excluding hydrogens is 120 g/mol. The fourth-order valence-electron chi connectivity index (χ4n) is 0.779. The zero-order valence-electron chi connectivity index (χ0n) is 4.76. The fourth-order valence-corrected chi connectivity index (χ4v) is 0.779. The van der Waals surface area contributed by atoms with Gasteiger partial charge in [-0.25, -0.2) is 5.10 Å². The minimum Gasteiger partial charge on any atom is -0.451 e. The van der Waals surface area contributed by atoms with E-state index in [-0.39, 0.29) is 0 Å². The number of nitrogens with one attached hydrogen (secondary N) is 1. The van der Waals surface area contributed by atoms with E-state index in [0.717, 1.165) is 11.4 Å². The highest BCUT2D eigenvalue weighted by atomic mass is 16.7. The van der Waals surface area contributed by atoms with Crippen molar-refractivity contribution >= 4 is 0 Å². The second kappa shape index (κ2) is 1.73. The number of rotatable bonds is 0. The Morgan fingerprint density at radius 1 is 1.67 bits per heavy atom. The van der Waals surface area contributed by atoms with Crippen molar-refractivity contribution in [3.05, 3.63) is 11.8 Å². The minimum absolute atomic E-state index is 0.329. The highest BCUT2D eigenvalue weighted by Crippen LogP contribution is 2.18. The van der Waals surface area contributed by atoms with Gasteiger partial charge in [-0.3, -0.25) is 0 Å². The van der Waals surface area contributed by atoms with Crippen LogP contribution in [0.2, 0.25) is 0 Å². The first-order valence-electron chi connectivity index (χ1n) is 2.69. The Hall–Kier alpha value is -1.03. The zero-order chi connectivity index (χ0) is 6.10. The first-order valence-corrected chi connectivity index (χ1v) is 2.69. The molecule has 0 aliphatic carbocycles. The average Bonchev–Trinajstić information content (AvgIpc) is 2.33. The summed E-state index contributed by atoms with van der Waals surface area (Å²) in [6.07, 6.45) is 1.70. The molecule has 0 aromatic carbocycles. The van der Waals surface area contributed by atoms with Crippen LogP contribution in [-0.2, 0) is 11.3 Å². The van der Waals surface area contributed by atoms with Gasteiger partial charge in [0, 0.05) is 0 Å². The average molecular weight is 126 g/mol. The molecule has 0 amide bonds. The van der Waals surface area contributed by atoms with Gasteiger partial charge in [0.15, 0.2) is 6.79 Å². The number of aromatic nitrogens is 2. The maximum absolute atomic E-state index is 5.02. The van der Waals surface area contributed by atoms with Crippen molar-refractivity contribution in [1.82, 2.24) is 10.2 Å². The third kappa shape index (κ3) is 0.675. The Kier molecular flexibility index (Phi) is 0.927. The Labute approximate surface area is 51.8 Å². The SMILES string of the molecule is c1n[nH]c2c1COCO2. The third-order valence-corrected chi connectivity index (χ3v) is 1.22. The van der Waals surface area contributed by atoms with Gasteiger partial charge in [-0.2, -0.15) is 5.10 Å².